The Bertz CT molecular complexity index is 1130. The molecule has 3 aliphatic heterocycles. The molecular formula is C23H26FN3O5S. The van der Waals surface area contributed by atoms with Gasteiger partial charge in [0.15, 0.2) is 11.5 Å². The summed E-state index contributed by atoms with van der Waals surface area (Å²) in [4.78, 5) is 17.3. The van der Waals surface area contributed by atoms with Gasteiger partial charge in [-0.25, -0.2) is 12.8 Å². The van der Waals surface area contributed by atoms with E-state index >= 15 is 0 Å². The van der Waals surface area contributed by atoms with E-state index in [0.717, 1.165) is 35.7 Å². The third-order valence-electron chi connectivity index (χ3n) is 6.44. The fraction of sp³-hybridized carbons (Fsp3) is 0.435. The van der Waals surface area contributed by atoms with Crippen molar-refractivity contribution in [2.75, 3.05) is 39.5 Å². The Balaban J connectivity index is 1.21. The first-order valence-electron chi connectivity index (χ1n) is 11.1. The minimum Gasteiger partial charge on any atom is -0.454 e. The van der Waals surface area contributed by atoms with Crippen LogP contribution in [0.1, 0.15) is 18.4 Å². The van der Waals surface area contributed by atoms with E-state index in [4.69, 9.17) is 9.47 Å². The quantitative estimate of drug-likeness (QED) is 0.659. The highest BCUT2D eigenvalue weighted by molar-refractivity contribution is 7.89. The average molecular weight is 476 g/mol. The van der Waals surface area contributed by atoms with E-state index < -0.39 is 21.9 Å². The van der Waals surface area contributed by atoms with Gasteiger partial charge in [0.05, 0.1) is 4.90 Å². The maximum absolute atomic E-state index is 13.2. The number of hydrogen-bond acceptors (Lipinski definition) is 6. The topological polar surface area (TPSA) is 79.4 Å². The minimum absolute atomic E-state index is 0.0112. The molecule has 5 rings (SSSR count). The van der Waals surface area contributed by atoms with Gasteiger partial charge in [-0.1, -0.05) is 6.07 Å². The van der Waals surface area contributed by atoms with Gasteiger partial charge in [-0.3, -0.25) is 9.69 Å². The highest BCUT2D eigenvalue weighted by Gasteiger charge is 2.41. The van der Waals surface area contributed by atoms with Crippen LogP contribution >= 0.6 is 0 Å². The molecule has 2 aromatic rings. The molecule has 0 radical (unpaired) electrons. The molecule has 176 valence electrons. The molecular weight excluding hydrogens is 449 g/mol. The number of hydrogen-bond donors (Lipinski definition) is 0. The second kappa shape index (κ2) is 8.92. The molecule has 1 atom stereocenters. The van der Waals surface area contributed by atoms with Crippen LogP contribution in [0.2, 0.25) is 0 Å². The summed E-state index contributed by atoms with van der Waals surface area (Å²) < 4.78 is 51.5. The van der Waals surface area contributed by atoms with Gasteiger partial charge in [0, 0.05) is 39.3 Å². The lowest BCUT2D eigenvalue weighted by atomic mass is 10.1. The lowest BCUT2D eigenvalue weighted by Crippen LogP contribution is -2.54. The Morgan fingerprint density at radius 1 is 0.970 bits per heavy atom. The highest BCUT2D eigenvalue weighted by Crippen LogP contribution is 2.33. The number of sulfonamides is 1. The minimum atomic E-state index is -3.86. The number of nitrogens with zero attached hydrogens (tertiary/aromatic N) is 3. The van der Waals surface area contributed by atoms with E-state index in [9.17, 15) is 17.6 Å². The first kappa shape index (κ1) is 22.1. The summed E-state index contributed by atoms with van der Waals surface area (Å²) >= 11 is 0. The summed E-state index contributed by atoms with van der Waals surface area (Å²) in [6.45, 7) is 3.78. The molecule has 2 saturated heterocycles. The second-order valence-corrected chi connectivity index (χ2v) is 10.4. The number of rotatable bonds is 5. The molecule has 0 aromatic heterocycles. The van der Waals surface area contributed by atoms with Crippen LogP contribution in [0.4, 0.5) is 4.39 Å². The van der Waals surface area contributed by atoms with E-state index in [0.29, 0.717) is 45.6 Å². The lowest BCUT2D eigenvalue weighted by Gasteiger charge is -2.37. The van der Waals surface area contributed by atoms with E-state index in [1.165, 1.54) is 16.4 Å². The number of carbonyl (C=O) groups excluding carboxylic acids is 1. The second-order valence-electron chi connectivity index (χ2n) is 8.52. The maximum Gasteiger partial charge on any atom is 0.243 e. The van der Waals surface area contributed by atoms with Crippen LogP contribution in [-0.2, 0) is 21.4 Å². The Kier molecular flexibility index (Phi) is 5.98. The van der Waals surface area contributed by atoms with Gasteiger partial charge in [-0.15, -0.1) is 0 Å². The molecule has 1 amide bonds. The van der Waals surface area contributed by atoms with Crippen molar-refractivity contribution in [3.8, 4) is 11.5 Å². The van der Waals surface area contributed by atoms with Gasteiger partial charge in [-0.05, 0) is 54.8 Å². The van der Waals surface area contributed by atoms with Crippen molar-refractivity contribution < 1.29 is 27.1 Å². The van der Waals surface area contributed by atoms with Crippen molar-refractivity contribution in [3.63, 3.8) is 0 Å². The molecule has 3 heterocycles. The van der Waals surface area contributed by atoms with Gasteiger partial charge >= 0.3 is 0 Å². The Hall–Kier alpha value is -2.69. The lowest BCUT2D eigenvalue weighted by molar-refractivity contribution is -0.136. The zero-order valence-electron chi connectivity index (χ0n) is 18.2. The van der Waals surface area contributed by atoms with Crippen molar-refractivity contribution in [2.45, 2.75) is 30.3 Å². The van der Waals surface area contributed by atoms with Crippen molar-refractivity contribution in [2.24, 2.45) is 0 Å². The number of amides is 1. The van der Waals surface area contributed by atoms with Gasteiger partial charge < -0.3 is 14.4 Å². The van der Waals surface area contributed by atoms with Crippen LogP contribution in [0.3, 0.4) is 0 Å². The Morgan fingerprint density at radius 3 is 2.45 bits per heavy atom. The molecule has 0 N–H and O–H groups in total. The predicted molar refractivity (Wildman–Crippen MR) is 118 cm³/mol. The van der Waals surface area contributed by atoms with Gasteiger partial charge in [0.25, 0.3) is 0 Å². The summed E-state index contributed by atoms with van der Waals surface area (Å²) in [5.41, 5.74) is 1.12. The number of ether oxygens (including phenoxy) is 2. The standard InChI is InChI=1S/C23H26FN3O5S/c24-18-4-6-19(7-5-18)33(29,30)27-9-1-2-20(27)23(28)26-12-10-25(11-13-26)15-17-3-8-21-22(14-17)32-16-31-21/h3-8,14,20H,1-2,9-13,15-16H2/t20-/m1/s1. The third kappa shape index (κ3) is 4.42. The van der Waals surface area contributed by atoms with Crippen molar-refractivity contribution in [3.05, 3.63) is 53.8 Å². The zero-order valence-corrected chi connectivity index (χ0v) is 19.0. The summed E-state index contributed by atoms with van der Waals surface area (Å²) in [6, 6.07) is 9.95. The first-order chi connectivity index (χ1) is 15.9. The molecule has 0 saturated carbocycles. The van der Waals surface area contributed by atoms with E-state index in [1.807, 2.05) is 18.2 Å². The number of benzene rings is 2. The zero-order chi connectivity index (χ0) is 23.0. The molecule has 10 heteroatoms. The summed E-state index contributed by atoms with van der Waals surface area (Å²) in [6.07, 6.45) is 1.12. The molecule has 8 nitrogen and oxygen atoms in total. The fourth-order valence-electron chi connectivity index (χ4n) is 4.65. The van der Waals surface area contributed by atoms with Gasteiger partial charge in [0.2, 0.25) is 22.7 Å². The molecule has 33 heavy (non-hydrogen) atoms. The SMILES string of the molecule is O=C([C@H]1CCCN1S(=O)(=O)c1ccc(F)cc1)N1CCN(Cc2ccc3c(c2)OCO3)CC1. The largest absolute Gasteiger partial charge is 0.454 e. The highest BCUT2D eigenvalue weighted by atomic mass is 32.2. The van der Waals surface area contributed by atoms with Crippen LogP contribution in [-0.4, -0.2) is 74.0 Å². The van der Waals surface area contributed by atoms with Gasteiger partial charge in [0.1, 0.15) is 11.9 Å². The van der Waals surface area contributed by atoms with Crippen LogP contribution in [0.5, 0.6) is 11.5 Å². The van der Waals surface area contributed by atoms with E-state index in [1.54, 1.807) is 4.90 Å². The van der Waals surface area contributed by atoms with Crippen molar-refractivity contribution >= 4 is 15.9 Å². The number of fused-ring (bicyclic) bond motifs is 1. The van der Waals surface area contributed by atoms with E-state index in [-0.39, 0.29) is 17.6 Å². The summed E-state index contributed by atoms with van der Waals surface area (Å²) in [5.74, 6) is 0.860. The number of piperazine rings is 1. The number of halogens is 1. The average Bonchev–Trinajstić information content (AvgIpc) is 3.49. The Labute approximate surface area is 192 Å². The van der Waals surface area contributed by atoms with Crippen LogP contribution in [0.15, 0.2) is 47.4 Å². The smallest absolute Gasteiger partial charge is 0.243 e. The summed E-state index contributed by atoms with van der Waals surface area (Å²) in [7, 11) is -3.86. The molecule has 0 unspecified atom stereocenters. The monoisotopic (exact) mass is 475 g/mol. The molecule has 3 aliphatic rings. The molecule has 0 aliphatic carbocycles. The maximum atomic E-state index is 13.2. The predicted octanol–water partition coefficient (Wildman–Crippen LogP) is 2.05. The first-order valence-corrected chi connectivity index (χ1v) is 12.5. The van der Waals surface area contributed by atoms with Crippen LogP contribution in [0, 0.1) is 5.82 Å². The third-order valence-corrected chi connectivity index (χ3v) is 8.36. The molecule has 2 fully saturated rings. The number of carbonyl (C=O) groups is 1. The molecule has 0 bridgehead atoms. The molecule has 0 spiro atoms. The van der Waals surface area contributed by atoms with E-state index in [2.05, 4.69) is 4.90 Å². The van der Waals surface area contributed by atoms with Crippen molar-refractivity contribution in [1.82, 2.24) is 14.1 Å². The molecule has 2 aromatic carbocycles. The van der Waals surface area contributed by atoms with Crippen molar-refractivity contribution in [1.29, 1.82) is 0 Å². The Morgan fingerprint density at radius 2 is 1.70 bits per heavy atom. The summed E-state index contributed by atoms with van der Waals surface area (Å²) in [5, 5.41) is 0. The normalized spacial score (nSPS) is 21.5. The fourth-order valence-corrected chi connectivity index (χ4v) is 6.30. The van der Waals surface area contributed by atoms with Gasteiger partial charge in [-0.2, -0.15) is 4.31 Å². The van der Waals surface area contributed by atoms with Crippen LogP contribution in [0.25, 0.3) is 0 Å². The van der Waals surface area contributed by atoms with Crippen LogP contribution < -0.4 is 9.47 Å².